The van der Waals surface area contributed by atoms with Crippen molar-refractivity contribution in [2.45, 2.75) is 13.8 Å². The Morgan fingerprint density at radius 1 is 1.26 bits per heavy atom. The van der Waals surface area contributed by atoms with E-state index in [1.807, 2.05) is 19.1 Å². The van der Waals surface area contributed by atoms with Crippen LogP contribution in [-0.4, -0.2) is 27.2 Å². The van der Waals surface area contributed by atoms with E-state index in [9.17, 15) is 14.9 Å². The molecule has 8 heteroatoms. The van der Waals surface area contributed by atoms with Crippen molar-refractivity contribution in [3.63, 3.8) is 0 Å². The van der Waals surface area contributed by atoms with E-state index in [-0.39, 0.29) is 17.0 Å². The van der Waals surface area contributed by atoms with Crippen LogP contribution in [0.1, 0.15) is 23.0 Å². The highest BCUT2D eigenvalue weighted by atomic mass is 16.6. The van der Waals surface area contributed by atoms with Crippen molar-refractivity contribution in [2.24, 2.45) is 0 Å². The van der Waals surface area contributed by atoms with Gasteiger partial charge in [-0.2, -0.15) is 5.10 Å². The first-order valence-electron chi connectivity index (χ1n) is 8.33. The van der Waals surface area contributed by atoms with Crippen LogP contribution < -0.4 is 10.1 Å². The molecule has 0 aliphatic carbocycles. The summed E-state index contributed by atoms with van der Waals surface area (Å²) in [6.45, 7) is 3.96. The zero-order valence-corrected chi connectivity index (χ0v) is 14.9. The van der Waals surface area contributed by atoms with Crippen LogP contribution in [0.5, 0.6) is 5.75 Å². The van der Waals surface area contributed by atoms with Gasteiger partial charge in [-0.15, -0.1) is 0 Å². The summed E-state index contributed by atoms with van der Waals surface area (Å²) in [7, 11) is 0. The molecule has 138 valence electrons. The fourth-order valence-electron chi connectivity index (χ4n) is 2.64. The first kappa shape index (κ1) is 18.1. The van der Waals surface area contributed by atoms with Gasteiger partial charge >= 0.3 is 5.69 Å². The van der Waals surface area contributed by atoms with Gasteiger partial charge in [0.05, 0.1) is 17.2 Å². The average Bonchev–Trinajstić information content (AvgIpc) is 3.08. The third-order valence-corrected chi connectivity index (χ3v) is 3.90. The minimum Gasteiger partial charge on any atom is -0.487 e. The number of rotatable bonds is 6. The molecule has 0 bridgehead atoms. The summed E-state index contributed by atoms with van der Waals surface area (Å²) in [5, 5.41) is 18.2. The van der Waals surface area contributed by atoms with Crippen molar-refractivity contribution in [3.05, 3.63) is 76.1 Å². The van der Waals surface area contributed by atoms with Crippen molar-refractivity contribution in [3.8, 4) is 11.4 Å². The molecule has 2 aromatic carbocycles. The Hall–Kier alpha value is -3.68. The van der Waals surface area contributed by atoms with Crippen molar-refractivity contribution in [1.82, 2.24) is 9.78 Å². The molecule has 27 heavy (non-hydrogen) atoms. The van der Waals surface area contributed by atoms with E-state index in [0.717, 1.165) is 11.4 Å². The molecule has 0 aliphatic rings. The molecule has 0 radical (unpaired) electrons. The number of hydrogen-bond acceptors (Lipinski definition) is 5. The van der Waals surface area contributed by atoms with E-state index >= 15 is 0 Å². The van der Waals surface area contributed by atoms with E-state index in [0.29, 0.717) is 12.3 Å². The number of nitrogens with one attached hydrogen (secondary N) is 1. The summed E-state index contributed by atoms with van der Waals surface area (Å²) < 4.78 is 6.98. The molecule has 0 saturated carbocycles. The van der Waals surface area contributed by atoms with Gasteiger partial charge in [-0.25, -0.2) is 4.68 Å². The lowest BCUT2D eigenvalue weighted by atomic mass is 10.1. The van der Waals surface area contributed by atoms with E-state index in [1.54, 1.807) is 36.0 Å². The Balaban J connectivity index is 1.85. The van der Waals surface area contributed by atoms with Crippen molar-refractivity contribution < 1.29 is 14.5 Å². The number of amides is 1. The van der Waals surface area contributed by atoms with Gasteiger partial charge in [0.15, 0.2) is 5.75 Å². The van der Waals surface area contributed by atoms with Crippen LogP contribution in [-0.2, 0) is 0 Å². The molecular formula is C19H18N4O4. The second-order valence-electron chi connectivity index (χ2n) is 5.76. The summed E-state index contributed by atoms with van der Waals surface area (Å²) in [5.41, 5.74) is 2.24. The molecule has 0 aliphatic heterocycles. The second-order valence-corrected chi connectivity index (χ2v) is 5.76. The highest BCUT2D eigenvalue weighted by Crippen LogP contribution is 2.28. The zero-order chi connectivity index (χ0) is 19.4. The maximum absolute atomic E-state index is 12.5. The van der Waals surface area contributed by atoms with Crippen LogP contribution in [0.2, 0.25) is 0 Å². The predicted octanol–water partition coefficient (Wildman–Crippen LogP) is 3.74. The number of benzene rings is 2. The molecule has 1 heterocycles. The second kappa shape index (κ2) is 7.69. The normalized spacial score (nSPS) is 10.4. The summed E-state index contributed by atoms with van der Waals surface area (Å²) in [5.74, 6) is -0.314. The molecule has 0 saturated heterocycles. The van der Waals surface area contributed by atoms with Crippen LogP contribution in [0.3, 0.4) is 0 Å². The Morgan fingerprint density at radius 3 is 2.74 bits per heavy atom. The van der Waals surface area contributed by atoms with Gasteiger partial charge in [0.25, 0.3) is 5.91 Å². The molecule has 1 aromatic heterocycles. The molecule has 3 aromatic rings. The Labute approximate surface area is 155 Å². The first-order chi connectivity index (χ1) is 13.0. The summed E-state index contributed by atoms with van der Waals surface area (Å²) >= 11 is 0. The minimum absolute atomic E-state index is 0.134. The number of carbonyl (C=O) groups is 1. The molecule has 1 amide bonds. The number of nitro groups is 1. The van der Waals surface area contributed by atoms with Crippen molar-refractivity contribution >= 4 is 17.3 Å². The monoisotopic (exact) mass is 366 g/mol. The molecule has 1 N–H and O–H groups in total. The van der Waals surface area contributed by atoms with E-state index in [1.165, 1.54) is 18.2 Å². The number of nitro benzene ring substituents is 1. The smallest absolute Gasteiger partial charge is 0.311 e. The Bertz CT molecular complexity index is 997. The lowest BCUT2D eigenvalue weighted by Gasteiger charge is -2.10. The molecule has 0 fully saturated rings. The fraction of sp³-hybridized carbons (Fsp3) is 0.158. The van der Waals surface area contributed by atoms with Gasteiger partial charge in [-0.05, 0) is 50.2 Å². The molecule has 8 nitrogen and oxygen atoms in total. The molecule has 3 rings (SSSR count). The molecular weight excluding hydrogens is 348 g/mol. The Morgan fingerprint density at radius 2 is 2.07 bits per heavy atom. The average molecular weight is 366 g/mol. The highest BCUT2D eigenvalue weighted by Gasteiger charge is 2.18. The predicted molar refractivity (Wildman–Crippen MR) is 101 cm³/mol. The van der Waals surface area contributed by atoms with E-state index in [4.69, 9.17) is 4.74 Å². The summed E-state index contributed by atoms with van der Waals surface area (Å²) in [6, 6.07) is 13.2. The van der Waals surface area contributed by atoms with Gasteiger partial charge < -0.3 is 10.1 Å². The third-order valence-electron chi connectivity index (χ3n) is 3.90. The topological polar surface area (TPSA) is 99.3 Å². The van der Waals surface area contributed by atoms with Crippen LogP contribution in [0, 0.1) is 17.0 Å². The number of anilines is 1. The molecule has 0 atom stereocenters. The van der Waals surface area contributed by atoms with Crippen LogP contribution in [0.4, 0.5) is 11.4 Å². The SMILES string of the molecule is CCOc1ccc(C(=O)Nc2cccc(-n3nccc3C)c2)cc1[N+](=O)[O-]. The van der Waals surface area contributed by atoms with E-state index in [2.05, 4.69) is 10.4 Å². The lowest BCUT2D eigenvalue weighted by Crippen LogP contribution is -2.13. The number of hydrogen-bond donors (Lipinski definition) is 1. The van der Waals surface area contributed by atoms with Gasteiger partial charge in [0, 0.05) is 29.2 Å². The van der Waals surface area contributed by atoms with Gasteiger partial charge in [-0.1, -0.05) is 6.07 Å². The van der Waals surface area contributed by atoms with Crippen molar-refractivity contribution in [1.29, 1.82) is 0 Å². The number of nitrogens with zero attached hydrogens (tertiary/aromatic N) is 3. The van der Waals surface area contributed by atoms with Gasteiger partial charge in [0.1, 0.15) is 0 Å². The summed E-state index contributed by atoms with van der Waals surface area (Å²) in [4.78, 5) is 23.2. The third kappa shape index (κ3) is 3.95. The minimum atomic E-state index is -0.567. The van der Waals surface area contributed by atoms with Gasteiger partial charge in [0.2, 0.25) is 0 Å². The maximum atomic E-state index is 12.5. The zero-order valence-electron chi connectivity index (χ0n) is 14.9. The molecule has 0 unspecified atom stereocenters. The maximum Gasteiger partial charge on any atom is 0.311 e. The van der Waals surface area contributed by atoms with Crippen LogP contribution in [0.15, 0.2) is 54.7 Å². The van der Waals surface area contributed by atoms with Crippen LogP contribution in [0.25, 0.3) is 5.69 Å². The number of carbonyl (C=O) groups excluding carboxylic acids is 1. The lowest BCUT2D eigenvalue weighted by molar-refractivity contribution is -0.385. The van der Waals surface area contributed by atoms with Crippen LogP contribution >= 0.6 is 0 Å². The number of aryl methyl sites for hydroxylation is 1. The standard InChI is InChI=1S/C19H18N4O4/c1-3-27-18-8-7-14(11-17(18)23(25)26)19(24)21-15-5-4-6-16(12-15)22-13(2)9-10-20-22/h4-12H,3H2,1-2H3,(H,21,24). The number of aromatic nitrogens is 2. The number of ether oxygens (including phenoxy) is 1. The highest BCUT2D eigenvalue weighted by molar-refractivity contribution is 6.05. The van der Waals surface area contributed by atoms with Crippen molar-refractivity contribution in [2.75, 3.05) is 11.9 Å². The van der Waals surface area contributed by atoms with Gasteiger partial charge in [-0.3, -0.25) is 14.9 Å². The largest absolute Gasteiger partial charge is 0.487 e. The van der Waals surface area contributed by atoms with E-state index < -0.39 is 10.8 Å². The quantitative estimate of drug-likeness (QED) is 0.529. The molecule has 0 spiro atoms. The first-order valence-corrected chi connectivity index (χ1v) is 8.33. The summed E-state index contributed by atoms with van der Waals surface area (Å²) in [6.07, 6.45) is 1.69. The Kier molecular flexibility index (Phi) is 5.16. The fourth-order valence-corrected chi connectivity index (χ4v) is 2.64.